The second-order valence-corrected chi connectivity index (χ2v) is 9.92. The van der Waals surface area contributed by atoms with Crippen molar-refractivity contribution in [1.29, 1.82) is 0 Å². The maximum Gasteiger partial charge on any atom is 0.264 e. The number of hydrazone groups is 1. The highest BCUT2D eigenvalue weighted by molar-refractivity contribution is 7.92. The van der Waals surface area contributed by atoms with Crippen molar-refractivity contribution >= 4 is 51.0 Å². The zero-order valence-electron chi connectivity index (χ0n) is 18.5. The van der Waals surface area contributed by atoms with Crippen LogP contribution in [0.4, 0.5) is 5.69 Å². The van der Waals surface area contributed by atoms with Gasteiger partial charge in [0.25, 0.3) is 15.9 Å². The highest BCUT2D eigenvalue weighted by Gasteiger charge is 2.27. The Morgan fingerprint density at radius 3 is 2.35 bits per heavy atom. The summed E-state index contributed by atoms with van der Waals surface area (Å²) in [6, 6.07) is 17.7. The van der Waals surface area contributed by atoms with E-state index in [4.69, 9.17) is 27.9 Å². The molecule has 1 N–H and O–H groups in total. The first-order valence-electron chi connectivity index (χ1n) is 10.3. The molecule has 1 amide bonds. The van der Waals surface area contributed by atoms with E-state index in [0.717, 1.165) is 9.87 Å². The van der Waals surface area contributed by atoms with Crippen molar-refractivity contribution in [2.75, 3.05) is 17.5 Å². The number of aryl methyl sites for hydroxylation is 1. The van der Waals surface area contributed by atoms with E-state index in [1.54, 1.807) is 54.6 Å². The molecule has 0 aromatic heterocycles. The molecule has 0 radical (unpaired) electrons. The van der Waals surface area contributed by atoms with Crippen LogP contribution in [0, 0.1) is 6.92 Å². The maximum absolute atomic E-state index is 13.4. The zero-order valence-corrected chi connectivity index (χ0v) is 20.9. The van der Waals surface area contributed by atoms with Crippen molar-refractivity contribution in [3.8, 4) is 5.75 Å². The Morgan fingerprint density at radius 1 is 1.06 bits per heavy atom. The Kier molecular flexibility index (Phi) is 8.55. The third-order valence-corrected chi connectivity index (χ3v) is 7.04. The van der Waals surface area contributed by atoms with E-state index in [-0.39, 0.29) is 4.90 Å². The second kappa shape index (κ2) is 11.4. The lowest BCUT2D eigenvalue weighted by Gasteiger charge is -2.24. The fourth-order valence-electron chi connectivity index (χ4n) is 2.97. The Bertz CT molecular complexity index is 1280. The molecule has 0 unspecified atom stereocenters. The lowest BCUT2D eigenvalue weighted by molar-refractivity contribution is -0.119. The molecule has 0 heterocycles. The minimum Gasteiger partial charge on any atom is -0.494 e. The summed E-state index contributed by atoms with van der Waals surface area (Å²) >= 11 is 12.0. The first-order chi connectivity index (χ1) is 16.2. The van der Waals surface area contributed by atoms with Gasteiger partial charge < -0.3 is 4.74 Å². The summed E-state index contributed by atoms with van der Waals surface area (Å²) in [4.78, 5) is 12.7. The van der Waals surface area contributed by atoms with Crippen LogP contribution in [0.15, 0.2) is 76.7 Å². The standard InChI is InChI=1S/C24H23Cl2N3O4S/c1-3-33-21-10-8-20(9-11-21)29(34(31,32)22-12-4-17(2)5-13-22)16-24(30)28-27-15-18-6-7-19(25)14-23(18)26/h4-15H,3,16H2,1-2H3,(H,28,30)/b27-15-. The van der Waals surface area contributed by atoms with E-state index in [2.05, 4.69) is 10.5 Å². The molecule has 0 aliphatic heterocycles. The lowest BCUT2D eigenvalue weighted by Crippen LogP contribution is -2.39. The van der Waals surface area contributed by atoms with Gasteiger partial charge in [0.05, 0.1) is 28.4 Å². The summed E-state index contributed by atoms with van der Waals surface area (Å²) in [6.07, 6.45) is 1.35. The smallest absolute Gasteiger partial charge is 0.264 e. The summed E-state index contributed by atoms with van der Waals surface area (Å²) in [5.41, 5.74) is 4.11. The van der Waals surface area contributed by atoms with Gasteiger partial charge in [0.2, 0.25) is 0 Å². The minimum absolute atomic E-state index is 0.0660. The molecule has 0 aliphatic rings. The lowest BCUT2D eigenvalue weighted by atomic mass is 10.2. The van der Waals surface area contributed by atoms with Crippen LogP contribution in [0.2, 0.25) is 10.0 Å². The Hall–Kier alpha value is -3.07. The average Bonchev–Trinajstić information content (AvgIpc) is 2.80. The monoisotopic (exact) mass is 519 g/mol. The number of amides is 1. The molecule has 0 saturated heterocycles. The van der Waals surface area contributed by atoms with Crippen molar-refractivity contribution in [1.82, 2.24) is 5.43 Å². The minimum atomic E-state index is -4.04. The van der Waals surface area contributed by atoms with Crippen LogP contribution in [-0.4, -0.2) is 33.7 Å². The van der Waals surface area contributed by atoms with Crippen LogP contribution >= 0.6 is 23.2 Å². The van der Waals surface area contributed by atoms with Gasteiger partial charge >= 0.3 is 0 Å². The van der Waals surface area contributed by atoms with Crippen molar-refractivity contribution < 1.29 is 17.9 Å². The molecule has 10 heteroatoms. The van der Waals surface area contributed by atoms with Gasteiger partial charge in [-0.15, -0.1) is 0 Å². The van der Waals surface area contributed by atoms with E-state index >= 15 is 0 Å². The van der Waals surface area contributed by atoms with Crippen molar-refractivity contribution in [3.63, 3.8) is 0 Å². The average molecular weight is 520 g/mol. The SMILES string of the molecule is CCOc1ccc(N(CC(=O)N/N=C\c2ccc(Cl)cc2Cl)S(=O)(=O)c2ccc(C)cc2)cc1. The van der Waals surface area contributed by atoms with Gasteiger partial charge in [-0.1, -0.05) is 47.0 Å². The molecule has 3 aromatic rings. The highest BCUT2D eigenvalue weighted by Crippen LogP contribution is 2.26. The summed E-state index contributed by atoms with van der Waals surface area (Å²) < 4.78 is 33.3. The van der Waals surface area contributed by atoms with E-state index in [0.29, 0.717) is 33.7 Å². The fraction of sp³-hybridized carbons (Fsp3) is 0.167. The van der Waals surface area contributed by atoms with Crippen LogP contribution < -0.4 is 14.5 Å². The van der Waals surface area contributed by atoms with E-state index in [1.165, 1.54) is 18.3 Å². The molecule has 178 valence electrons. The van der Waals surface area contributed by atoms with Gasteiger partial charge in [0.1, 0.15) is 12.3 Å². The zero-order chi connectivity index (χ0) is 24.7. The molecule has 3 rings (SSSR count). The number of anilines is 1. The molecular weight excluding hydrogens is 497 g/mol. The highest BCUT2D eigenvalue weighted by atomic mass is 35.5. The molecule has 0 saturated carbocycles. The molecule has 0 spiro atoms. The summed E-state index contributed by atoms with van der Waals surface area (Å²) in [7, 11) is -4.04. The van der Waals surface area contributed by atoms with E-state index < -0.39 is 22.5 Å². The molecule has 0 aliphatic carbocycles. The third kappa shape index (κ3) is 6.50. The first-order valence-corrected chi connectivity index (χ1v) is 12.5. The van der Waals surface area contributed by atoms with E-state index in [9.17, 15) is 13.2 Å². The number of nitrogens with one attached hydrogen (secondary N) is 1. The Labute approximate surface area is 209 Å². The van der Waals surface area contributed by atoms with Crippen molar-refractivity contribution in [3.05, 3.63) is 87.9 Å². The normalized spacial score (nSPS) is 11.4. The number of ether oxygens (including phenoxy) is 1. The van der Waals surface area contributed by atoms with Gasteiger partial charge in [-0.2, -0.15) is 5.10 Å². The van der Waals surface area contributed by atoms with Crippen molar-refractivity contribution in [2.24, 2.45) is 5.10 Å². The Balaban J connectivity index is 1.85. The number of halogens is 2. The number of hydrogen-bond acceptors (Lipinski definition) is 5. The molecular formula is C24H23Cl2N3O4S. The van der Waals surface area contributed by atoms with Crippen LogP contribution in [0.1, 0.15) is 18.1 Å². The van der Waals surface area contributed by atoms with Crippen LogP contribution in [0.3, 0.4) is 0 Å². The van der Waals surface area contributed by atoms with Gasteiger partial charge in [-0.3, -0.25) is 9.10 Å². The predicted molar refractivity (Wildman–Crippen MR) is 136 cm³/mol. The largest absolute Gasteiger partial charge is 0.494 e. The van der Waals surface area contributed by atoms with Crippen molar-refractivity contribution in [2.45, 2.75) is 18.7 Å². The van der Waals surface area contributed by atoms with Crippen LogP contribution in [0.5, 0.6) is 5.75 Å². The fourth-order valence-corrected chi connectivity index (χ4v) is 4.85. The molecule has 0 fully saturated rings. The molecule has 34 heavy (non-hydrogen) atoms. The number of nitrogens with zero attached hydrogens (tertiary/aromatic N) is 2. The summed E-state index contributed by atoms with van der Waals surface area (Å²) in [6.45, 7) is 3.70. The molecule has 7 nitrogen and oxygen atoms in total. The van der Waals surface area contributed by atoms with Gasteiger partial charge in [-0.05, 0) is 62.4 Å². The number of sulfonamides is 1. The molecule has 3 aromatic carbocycles. The van der Waals surface area contributed by atoms with Crippen LogP contribution in [0.25, 0.3) is 0 Å². The molecule has 0 atom stereocenters. The second-order valence-electron chi connectivity index (χ2n) is 7.21. The van der Waals surface area contributed by atoms with Crippen LogP contribution in [-0.2, 0) is 14.8 Å². The maximum atomic E-state index is 13.4. The first kappa shape index (κ1) is 25.6. The number of carbonyl (C=O) groups is 1. The Morgan fingerprint density at radius 2 is 1.74 bits per heavy atom. The molecule has 0 bridgehead atoms. The number of hydrogen-bond donors (Lipinski definition) is 1. The number of benzene rings is 3. The summed E-state index contributed by atoms with van der Waals surface area (Å²) in [5.74, 6) is -0.0428. The number of carbonyl (C=O) groups excluding carboxylic acids is 1. The summed E-state index contributed by atoms with van der Waals surface area (Å²) in [5, 5.41) is 4.73. The van der Waals surface area contributed by atoms with Gasteiger partial charge in [0.15, 0.2) is 0 Å². The van der Waals surface area contributed by atoms with Gasteiger partial charge in [0, 0.05) is 10.6 Å². The third-order valence-electron chi connectivity index (χ3n) is 4.69. The topological polar surface area (TPSA) is 88.1 Å². The van der Waals surface area contributed by atoms with Gasteiger partial charge in [-0.25, -0.2) is 13.8 Å². The predicted octanol–water partition coefficient (Wildman–Crippen LogP) is 5.05. The van der Waals surface area contributed by atoms with E-state index in [1.807, 2.05) is 13.8 Å². The quantitative estimate of drug-likeness (QED) is 0.316. The number of rotatable bonds is 9.